The van der Waals surface area contributed by atoms with E-state index in [9.17, 15) is 4.79 Å². The van der Waals surface area contributed by atoms with Crippen molar-refractivity contribution in [1.82, 2.24) is 19.5 Å². The first-order chi connectivity index (χ1) is 16.6. The van der Waals surface area contributed by atoms with Gasteiger partial charge in [-0.1, -0.05) is 60.7 Å². The number of H-pyrrole nitrogens is 1. The van der Waals surface area contributed by atoms with Gasteiger partial charge in [0.25, 0.3) is 0 Å². The quantitative estimate of drug-likeness (QED) is 0.327. The number of rotatable bonds is 7. The molecule has 0 aliphatic rings. The van der Waals surface area contributed by atoms with Gasteiger partial charge in [-0.2, -0.15) is 0 Å². The van der Waals surface area contributed by atoms with Crippen LogP contribution in [0.15, 0.2) is 88.8 Å². The van der Waals surface area contributed by atoms with Crippen molar-refractivity contribution in [1.29, 1.82) is 0 Å². The van der Waals surface area contributed by atoms with Crippen LogP contribution in [-0.2, 0) is 12.3 Å². The van der Waals surface area contributed by atoms with Gasteiger partial charge in [0.15, 0.2) is 0 Å². The predicted octanol–water partition coefficient (Wildman–Crippen LogP) is 5.27. The largest absolute Gasteiger partial charge is 0.480 e. The lowest BCUT2D eigenvalue weighted by molar-refractivity contribution is 0.400. The van der Waals surface area contributed by atoms with Gasteiger partial charge < -0.3 is 9.72 Å². The second-order valence-electron chi connectivity index (χ2n) is 7.66. The van der Waals surface area contributed by atoms with Crippen LogP contribution in [0.2, 0.25) is 0 Å². The van der Waals surface area contributed by atoms with Crippen LogP contribution < -0.4 is 10.4 Å². The van der Waals surface area contributed by atoms with E-state index in [0.29, 0.717) is 22.5 Å². The number of imidazole rings is 1. The maximum absolute atomic E-state index is 15.0. The topological polar surface area (TPSA) is 72.8 Å². The summed E-state index contributed by atoms with van der Waals surface area (Å²) in [5.41, 5.74) is 3.60. The van der Waals surface area contributed by atoms with E-state index in [1.54, 1.807) is 12.4 Å². The molecule has 34 heavy (non-hydrogen) atoms. The van der Waals surface area contributed by atoms with Crippen molar-refractivity contribution in [3.63, 3.8) is 0 Å². The minimum absolute atomic E-state index is 0.0265. The van der Waals surface area contributed by atoms with Crippen molar-refractivity contribution in [2.24, 2.45) is 0 Å². The highest BCUT2D eigenvalue weighted by Gasteiger charge is 2.20. The Hall–Kier alpha value is -3.91. The van der Waals surface area contributed by atoms with Crippen LogP contribution in [0.5, 0.6) is 5.88 Å². The van der Waals surface area contributed by atoms with Crippen LogP contribution in [0, 0.1) is 5.82 Å². The highest BCUT2D eigenvalue weighted by Crippen LogP contribution is 2.34. The molecular formula is C26H21FN4O2S. The van der Waals surface area contributed by atoms with E-state index >= 15 is 4.39 Å². The van der Waals surface area contributed by atoms with Crippen molar-refractivity contribution in [2.75, 3.05) is 7.11 Å². The van der Waals surface area contributed by atoms with E-state index in [0.717, 1.165) is 21.8 Å². The van der Waals surface area contributed by atoms with Gasteiger partial charge in [0, 0.05) is 16.8 Å². The van der Waals surface area contributed by atoms with Gasteiger partial charge in [-0.25, -0.2) is 14.2 Å². The maximum atomic E-state index is 15.0. The number of halogens is 1. The van der Waals surface area contributed by atoms with E-state index in [4.69, 9.17) is 4.74 Å². The van der Waals surface area contributed by atoms with Crippen LogP contribution in [0.25, 0.3) is 22.2 Å². The maximum Gasteiger partial charge on any atom is 0.326 e. The van der Waals surface area contributed by atoms with Crippen LogP contribution in [0.4, 0.5) is 4.39 Å². The third-order valence-electron chi connectivity index (χ3n) is 5.48. The molecule has 3 heterocycles. The molecule has 6 nitrogen and oxygen atoms in total. The number of nitrogens with one attached hydrogen (secondary N) is 1. The Morgan fingerprint density at radius 3 is 2.47 bits per heavy atom. The zero-order valence-corrected chi connectivity index (χ0v) is 19.2. The van der Waals surface area contributed by atoms with Crippen LogP contribution in [-0.4, -0.2) is 26.6 Å². The Kier molecular flexibility index (Phi) is 6.14. The molecule has 0 bridgehead atoms. The fourth-order valence-corrected chi connectivity index (χ4v) is 4.69. The first-order valence-corrected chi connectivity index (χ1v) is 11.6. The number of methoxy groups -OCH3 is 1. The summed E-state index contributed by atoms with van der Waals surface area (Å²) in [5.74, 6) is 0.644. The molecule has 0 aliphatic carbocycles. The summed E-state index contributed by atoms with van der Waals surface area (Å²) in [6, 6.07) is 21.0. The highest BCUT2D eigenvalue weighted by molar-refractivity contribution is 7.98. The van der Waals surface area contributed by atoms with E-state index in [1.165, 1.54) is 29.5 Å². The average Bonchev–Trinajstić information content (AvgIpc) is 3.19. The average molecular weight is 473 g/mol. The molecule has 0 saturated carbocycles. The summed E-state index contributed by atoms with van der Waals surface area (Å²) in [5, 5.41) is 0. The van der Waals surface area contributed by atoms with Crippen LogP contribution in [0.1, 0.15) is 11.3 Å². The Morgan fingerprint density at radius 2 is 1.76 bits per heavy atom. The molecule has 0 atom stereocenters. The first-order valence-electron chi connectivity index (χ1n) is 10.7. The second-order valence-corrected chi connectivity index (χ2v) is 8.71. The van der Waals surface area contributed by atoms with Crippen molar-refractivity contribution < 1.29 is 9.13 Å². The molecule has 0 spiro atoms. The standard InChI is InChI=1S/C26H21FN4O2S/c1-33-25-23(18-10-6-3-7-11-18)24-21(14-29-25)30-26(32)31(24)15-22-20(27)12-19(13-28-22)34-16-17-8-4-2-5-9-17/h2-14H,15-16H2,1H3,(H,30,32). The van der Waals surface area contributed by atoms with E-state index in [2.05, 4.69) is 15.0 Å². The first kappa shape index (κ1) is 21.9. The number of thioether (sulfide) groups is 1. The molecule has 0 saturated heterocycles. The molecule has 0 unspecified atom stereocenters. The van der Waals surface area contributed by atoms with Gasteiger partial charge in [-0.15, -0.1) is 11.8 Å². The van der Waals surface area contributed by atoms with Gasteiger partial charge in [0.1, 0.15) is 5.82 Å². The minimum atomic E-state index is -0.457. The Balaban J connectivity index is 1.50. The number of aromatic nitrogens is 4. The number of pyridine rings is 2. The SMILES string of the molecule is COc1ncc2[nH]c(=O)n(Cc3ncc(SCc4ccccc4)cc3F)c2c1-c1ccccc1. The van der Waals surface area contributed by atoms with E-state index in [-0.39, 0.29) is 17.9 Å². The Morgan fingerprint density at radius 1 is 1.03 bits per heavy atom. The highest BCUT2D eigenvalue weighted by atomic mass is 32.2. The molecule has 8 heteroatoms. The lowest BCUT2D eigenvalue weighted by Gasteiger charge is -2.12. The zero-order valence-electron chi connectivity index (χ0n) is 18.4. The van der Waals surface area contributed by atoms with Gasteiger partial charge in [0.05, 0.1) is 42.1 Å². The normalized spacial score (nSPS) is 11.1. The molecular weight excluding hydrogens is 451 g/mol. The summed E-state index contributed by atoms with van der Waals surface area (Å²) in [6.45, 7) is -0.0265. The van der Waals surface area contributed by atoms with E-state index < -0.39 is 5.82 Å². The van der Waals surface area contributed by atoms with Gasteiger partial charge in [0.2, 0.25) is 5.88 Å². The van der Waals surface area contributed by atoms with Crippen LogP contribution in [0.3, 0.4) is 0 Å². The number of nitrogens with zero attached hydrogens (tertiary/aromatic N) is 3. The lowest BCUT2D eigenvalue weighted by atomic mass is 10.1. The number of hydrogen-bond acceptors (Lipinski definition) is 5. The number of ether oxygens (including phenoxy) is 1. The van der Waals surface area contributed by atoms with Gasteiger partial charge in [-0.05, 0) is 17.2 Å². The predicted molar refractivity (Wildman–Crippen MR) is 132 cm³/mol. The zero-order chi connectivity index (χ0) is 23.5. The van der Waals surface area contributed by atoms with E-state index in [1.807, 2.05) is 60.7 Å². The molecule has 5 aromatic rings. The van der Waals surface area contributed by atoms with Gasteiger partial charge in [-0.3, -0.25) is 9.55 Å². The Bertz CT molecular complexity index is 1500. The van der Waals surface area contributed by atoms with Gasteiger partial charge >= 0.3 is 5.69 Å². The minimum Gasteiger partial charge on any atom is -0.480 e. The fraction of sp³-hybridized carbons (Fsp3) is 0.115. The smallest absolute Gasteiger partial charge is 0.326 e. The molecule has 0 amide bonds. The molecule has 0 fully saturated rings. The fourth-order valence-electron chi connectivity index (χ4n) is 3.85. The molecule has 2 aromatic carbocycles. The third-order valence-corrected chi connectivity index (χ3v) is 6.51. The molecule has 170 valence electrons. The summed E-state index contributed by atoms with van der Waals surface area (Å²) in [6.07, 6.45) is 3.19. The number of fused-ring (bicyclic) bond motifs is 1. The van der Waals surface area contributed by atoms with Crippen molar-refractivity contribution >= 4 is 22.8 Å². The number of aromatic amines is 1. The van der Waals surface area contributed by atoms with Crippen molar-refractivity contribution in [3.8, 4) is 17.0 Å². The molecule has 1 N–H and O–H groups in total. The summed E-state index contributed by atoms with van der Waals surface area (Å²) >= 11 is 1.51. The Labute approximate surface area is 199 Å². The van der Waals surface area contributed by atoms with Crippen molar-refractivity contribution in [2.45, 2.75) is 17.2 Å². The van der Waals surface area contributed by atoms with Crippen molar-refractivity contribution in [3.05, 3.63) is 107 Å². The number of benzene rings is 2. The second kappa shape index (κ2) is 9.52. The summed E-state index contributed by atoms with van der Waals surface area (Å²) in [4.78, 5) is 25.1. The molecule has 3 aromatic heterocycles. The monoisotopic (exact) mass is 472 g/mol. The molecule has 0 aliphatic heterocycles. The number of hydrogen-bond donors (Lipinski definition) is 1. The molecule has 0 radical (unpaired) electrons. The lowest BCUT2D eigenvalue weighted by Crippen LogP contribution is -2.19. The third kappa shape index (κ3) is 4.32. The van der Waals surface area contributed by atoms with Crippen LogP contribution >= 0.6 is 11.8 Å². The summed E-state index contributed by atoms with van der Waals surface area (Å²) < 4.78 is 22.0. The summed E-state index contributed by atoms with van der Waals surface area (Å²) in [7, 11) is 1.53. The molecule has 5 rings (SSSR count).